The number of alkyl halides is 1. The number of imide groups is 1. The van der Waals surface area contributed by atoms with Crippen LogP contribution in [0.5, 0.6) is 0 Å². The van der Waals surface area contributed by atoms with Crippen molar-refractivity contribution in [1.82, 2.24) is 15.1 Å². The van der Waals surface area contributed by atoms with Crippen LogP contribution in [0.1, 0.15) is 6.92 Å². The van der Waals surface area contributed by atoms with E-state index in [4.69, 9.17) is 11.6 Å². The Morgan fingerprint density at radius 3 is 2.86 bits per heavy atom. The van der Waals surface area contributed by atoms with Crippen molar-refractivity contribution in [3.8, 4) is 0 Å². The summed E-state index contributed by atoms with van der Waals surface area (Å²) in [6.45, 7) is 6.19. The molecule has 22 heavy (non-hydrogen) atoms. The van der Waals surface area contributed by atoms with Crippen molar-refractivity contribution >= 4 is 40.5 Å². The van der Waals surface area contributed by atoms with Crippen LogP contribution in [0, 0.1) is 0 Å². The van der Waals surface area contributed by atoms with E-state index in [1.807, 2.05) is 11.8 Å². The predicted octanol–water partition coefficient (Wildman–Crippen LogP) is 0.443. The lowest BCUT2D eigenvalue weighted by Gasteiger charge is -2.36. The van der Waals surface area contributed by atoms with Crippen molar-refractivity contribution in [3.63, 3.8) is 0 Å². The molecular formula is C13H19ClN4O3S. The van der Waals surface area contributed by atoms with Gasteiger partial charge in [0.25, 0.3) is 5.91 Å². The van der Waals surface area contributed by atoms with Crippen LogP contribution in [0.25, 0.3) is 0 Å². The van der Waals surface area contributed by atoms with E-state index in [0.717, 1.165) is 5.57 Å². The maximum Gasteiger partial charge on any atom is 0.325 e. The number of hydrogen-bond acceptors (Lipinski definition) is 6. The van der Waals surface area contributed by atoms with E-state index < -0.39 is 24.3 Å². The summed E-state index contributed by atoms with van der Waals surface area (Å²) < 4.78 is 0. The molecule has 0 bridgehead atoms. The Balaban J connectivity index is 2.22. The second-order valence-corrected chi connectivity index (χ2v) is 6.68. The number of aliphatic imine (C=N–C) groups is 1. The number of likely N-dealkylation sites (N-methyl/N-ethyl adjacent to an activating group) is 1. The number of nitrogens with one attached hydrogen (secondary N) is 1. The zero-order chi connectivity index (χ0) is 16.4. The van der Waals surface area contributed by atoms with Gasteiger partial charge >= 0.3 is 6.03 Å². The van der Waals surface area contributed by atoms with Crippen molar-refractivity contribution in [1.29, 1.82) is 0 Å². The van der Waals surface area contributed by atoms with Crippen LogP contribution in [0.4, 0.5) is 4.79 Å². The Hall–Kier alpha value is -1.25. The zero-order valence-electron chi connectivity index (χ0n) is 12.5. The number of aliphatic hydroxyl groups is 1. The van der Waals surface area contributed by atoms with Crippen LogP contribution in [0.15, 0.2) is 17.1 Å². The summed E-state index contributed by atoms with van der Waals surface area (Å²) in [6.07, 6.45) is -1.21. The molecular weight excluding hydrogens is 328 g/mol. The molecule has 0 aliphatic carbocycles. The Kier molecular flexibility index (Phi) is 5.36. The number of amidine groups is 1. The van der Waals surface area contributed by atoms with Gasteiger partial charge in [-0.25, -0.2) is 9.79 Å². The number of aliphatic hydroxyl groups excluding tert-OH is 1. The van der Waals surface area contributed by atoms with Gasteiger partial charge in [0.05, 0.1) is 6.10 Å². The molecule has 7 nitrogen and oxygen atoms in total. The van der Waals surface area contributed by atoms with Crippen LogP contribution < -0.4 is 5.32 Å². The highest BCUT2D eigenvalue weighted by atomic mass is 35.5. The second-order valence-electron chi connectivity index (χ2n) is 5.38. The zero-order valence-corrected chi connectivity index (χ0v) is 14.0. The van der Waals surface area contributed by atoms with E-state index >= 15 is 0 Å². The quantitative estimate of drug-likeness (QED) is 0.557. The fourth-order valence-electron chi connectivity index (χ4n) is 2.29. The highest BCUT2D eigenvalue weighted by molar-refractivity contribution is 8.13. The minimum atomic E-state index is -0.656. The molecule has 3 amide bonds. The number of rotatable bonds is 5. The van der Waals surface area contributed by atoms with Crippen LogP contribution >= 0.6 is 23.4 Å². The number of amides is 3. The van der Waals surface area contributed by atoms with Gasteiger partial charge in [0.15, 0.2) is 17.4 Å². The molecule has 2 rings (SSSR count). The number of carbonyl (C=O) groups excluding carboxylic acids is 2. The fourth-order valence-corrected chi connectivity index (χ4v) is 3.52. The molecule has 0 saturated carbocycles. The molecule has 0 aromatic carbocycles. The first-order chi connectivity index (χ1) is 10.3. The minimum Gasteiger partial charge on any atom is -0.391 e. The molecule has 0 spiro atoms. The summed E-state index contributed by atoms with van der Waals surface area (Å²) in [5.74, 6) is 0.131. The van der Waals surface area contributed by atoms with E-state index in [1.54, 1.807) is 7.05 Å². The van der Waals surface area contributed by atoms with Crippen molar-refractivity contribution in [3.05, 3.63) is 12.2 Å². The maximum atomic E-state index is 12.2. The Labute approximate surface area is 138 Å². The Morgan fingerprint density at radius 1 is 1.59 bits per heavy atom. The molecule has 1 saturated heterocycles. The van der Waals surface area contributed by atoms with E-state index in [1.165, 1.54) is 16.7 Å². The van der Waals surface area contributed by atoms with E-state index in [9.17, 15) is 14.7 Å². The van der Waals surface area contributed by atoms with Crippen molar-refractivity contribution < 1.29 is 14.7 Å². The fraction of sp³-hybridized carbons (Fsp3) is 0.615. The molecule has 0 radical (unpaired) electrons. The third-order valence-electron chi connectivity index (χ3n) is 3.35. The van der Waals surface area contributed by atoms with Crippen LogP contribution in [-0.4, -0.2) is 75.5 Å². The van der Waals surface area contributed by atoms with Gasteiger partial charge in [0, 0.05) is 25.2 Å². The molecule has 2 N–H and O–H groups in total. The molecule has 0 aromatic heterocycles. The molecule has 2 aliphatic rings. The van der Waals surface area contributed by atoms with E-state index in [0.29, 0.717) is 17.5 Å². The lowest BCUT2D eigenvalue weighted by Crippen LogP contribution is -2.63. The summed E-state index contributed by atoms with van der Waals surface area (Å²) in [6, 6.07) is -1.03. The second kappa shape index (κ2) is 6.89. The molecule has 2 aliphatic heterocycles. The first kappa shape index (κ1) is 17.1. The van der Waals surface area contributed by atoms with Gasteiger partial charge in [0.2, 0.25) is 0 Å². The summed E-state index contributed by atoms with van der Waals surface area (Å²) >= 11 is 6.92. The van der Waals surface area contributed by atoms with E-state index in [2.05, 4.69) is 16.9 Å². The van der Waals surface area contributed by atoms with Gasteiger partial charge in [-0.05, 0) is 6.92 Å². The van der Waals surface area contributed by atoms with E-state index in [-0.39, 0.29) is 11.8 Å². The third kappa shape index (κ3) is 3.39. The number of fused-ring (bicyclic) bond motifs is 1. The largest absolute Gasteiger partial charge is 0.391 e. The first-order valence-corrected chi connectivity index (χ1v) is 8.30. The van der Waals surface area contributed by atoms with Crippen LogP contribution in [-0.2, 0) is 4.79 Å². The van der Waals surface area contributed by atoms with Crippen molar-refractivity contribution in [2.45, 2.75) is 25.2 Å². The maximum absolute atomic E-state index is 12.2. The van der Waals surface area contributed by atoms with Gasteiger partial charge in [0.1, 0.15) is 0 Å². The van der Waals surface area contributed by atoms with Gasteiger partial charge in [-0.1, -0.05) is 23.9 Å². The lowest BCUT2D eigenvalue weighted by molar-refractivity contribution is -0.126. The molecule has 1 fully saturated rings. The summed E-state index contributed by atoms with van der Waals surface area (Å²) in [7, 11) is 1.60. The topological polar surface area (TPSA) is 85.2 Å². The average molecular weight is 347 g/mol. The first-order valence-electron chi connectivity index (χ1n) is 6.78. The number of urea groups is 1. The molecule has 2 heterocycles. The van der Waals surface area contributed by atoms with Crippen molar-refractivity contribution in [2.24, 2.45) is 4.99 Å². The van der Waals surface area contributed by atoms with Gasteiger partial charge < -0.3 is 14.9 Å². The van der Waals surface area contributed by atoms with Gasteiger partial charge in [-0.2, -0.15) is 0 Å². The SMILES string of the molecule is C=C(C)CN1C(SCC(O)CCl)=NC2C1C(=O)NC(=O)N2C. The molecule has 3 unspecified atom stereocenters. The lowest BCUT2D eigenvalue weighted by atomic mass is 10.1. The molecule has 0 aromatic rings. The molecule has 122 valence electrons. The summed E-state index contributed by atoms with van der Waals surface area (Å²) in [4.78, 5) is 31.6. The van der Waals surface area contributed by atoms with Crippen LogP contribution in [0.2, 0.25) is 0 Å². The normalized spacial score (nSPS) is 25.7. The number of thioether (sulfide) groups is 1. The van der Waals surface area contributed by atoms with Gasteiger partial charge in [-0.15, -0.1) is 11.6 Å². The number of carbonyl (C=O) groups is 2. The van der Waals surface area contributed by atoms with Crippen LogP contribution in [0.3, 0.4) is 0 Å². The third-order valence-corrected chi connectivity index (χ3v) is 4.85. The number of halogens is 1. The highest BCUT2D eigenvalue weighted by Gasteiger charge is 2.48. The van der Waals surface area contributed by atoms with Crippen molar-refractivity contribution in [2.75, 3.05) is 25.2 Å². The summed E-state index contributed by atoms with van der Waals surface area (Å²) in [5.41, 5.74) is 0.874. The number of hydrogen-bond donors (Lipinski definition) is 2. The molecule has 3 atom stereocenters. The summed E-state index contributed by atoms with van der Waals surface area (Å²) in [5, 5.41) is 12.5. The smallest absolute Gasteiger partial charge is 0.325 e. The Morgan fingerprint density at radius 2 is 2.27 bits per heavy atom. The monoisotopic (exact) mass is 346 g/mol. The Bertz CT molecular complexity index is 527. The van der Waals surface area contributed by atoms with Gasteiger partial charge in [-0.3, -0.25) is 10.1 Å². The molecule has 9 heteroatoms. The standard InChI is InChI=1S/C13H19ClN4O3S/c1-7(2)5-18-9-10(17(3)12(21)16-11(9)20)15-13(18)22-6-8(19)4-14/h8-10,19H,1,4-6H2,2-3H3,(H,16,20,21). The predicted molar refractivity (Wildman–Crippen MR) is 87.0 cm³/mol. The number of nitrogens with zero attached hydrogens (tertiary/aromatic N) is 3. The average Bonchev–Trinajstić information content (AvgIpc) is 2.80. The highest BCUT2D eigenvalue weighted by Crippen LogP contribution is 2.29. The minimum absolute atomic E-state index is 0.131.